The summed E-state index contributed by atoms with van der Waals surface area (Å²) in [4.78, 5) is 27.4. The lowest BCUT2D eigenvalue weighted by molar-refractivity contribution is -0.385. The van der Waals surface area contributed by atoms with Crippen LogP contribution >= 0.6 is 45.8 Å². The molecule has 0 unspecified atom stereocenters. The standard InChI is InChI=1S/C20H11Cl2IN2O4/c21-13-2-7-16(17(22)10-13)20(26)29-19-8-1-12(9-18(19)25(27)28)11-24-15-5-3-14(23)4-6-15/h1-11H. The van der Waals surface area contributed by atoms with Crippen molar-refractivity contribution in [1.82, 2.24) is 0 Å². The van der Waals surface area contributed by atoms with Crippen molar-refractivity contribution in [3.05, 3.63) is 95.5 Å². The van der Waals surface area contributed by atoms with Gasteiger partial charge in [-0.25, -0.2) is 4.79 Å². The van der Waals surface area contributed by atoms with Crippen LogP contribution in [0.15, 0.2) is 65.7 Å². The van der Waals surface area contributed by atoms with Crippen molar-refractivity contribution >= 4 is 69.4 Å². The van der Waals surface area contributed by atoms with Gasteiger partial charge in [-0.05, 0) is 82.8 Å². The number of nitro benzene ring substituents is 1. The lowest BCUT2D eigenvalue weighted by Gasteiger charge is -2.07. The molecule has 0 aromatic heterocycles. The minimum Gasteiger partial charge on any atom is -0.416 e. The molecule has 0 heterocycles. The molecule has 0 radical (unpaired) electrons. The fraction of sp³-hybridized carbons (Fsp3) is 0. The molecule has 0 atom stereocenters. The maximum Gasteiger partial charge on any atom is 0.345 e. The van der Waals surface area contributed by atoms with Crippen LogP contribution in [0.1, 0.15) is 15.9 Å². The van der Waals surface area contributed by atoms with E-state index in [4.69, 9.17) is 27.9 Å². The normalized spacial score (nSPS) is 10.9. The third-order valence-corrected chi connectivity index (χ3v) is 4.99. The first-order valence-electron chi connectivity index (χ1n) is 8.09. The topological polar surface area (TPSA) is 81.8 Å². The molecule has 0 saturated heterocycles. The zero-order valence-corrected chi connectivity index (χ0v) is 18.2. The molecule has 9 heteroatoms. The van der Waals surface area contributed by atoms with Gasteiger partial charge < -0.3 is 4.74 Å². The first kappa shape index (κ1) is 21.2. The molecule has 0 fully saturated rings. The zero-order chi connectivity index (χ0) is 21.0. The Bertz CT molecular complexity index is 1120. The largest absolute Gasteiger partial charge is 0.416 e. The van der Waals surface area contributed by atoms with E-state index in [0.29, 0.717) is 16.3 Å². The first-order chi connectivity index (χ1) is 13.8. The van der Waals surface area contributed by atoms with Crippen molar-refractivity contribution in [2.75, 3.05) is 0 Å². The first-order valence-corrected chi connectivity index (χ1v) is 9.92. The van der Waals surface area contributed by atoms with Crippen molar-refractivity contribution in [3.8, 4) is 5.75 Å². The van der Waals surface area contributed by atoms with Crippen LogP contribution in [0.2, 0.25) is 10.0 Å². The van der Waals surface area contributed by atoms with E-state index in [9.17, 15) is 14.9 Å². The number of aliphatic imine (C=N–C) groups is 1. The third kappa shape index (κ3) is 5.53. The number of benzene rings is 3. The zero-order valence-electron chi connectivity index (χ0n) is 14.5. The highest BCUT2D eigenvalue weighted by Crippen LogP contribution is 2.30. The fourth-order valence-corrected chi connectivity index (χ4v) is 3.18. The molecule has 0 saturated carbocycles. The summed E-state index contributed by atoms with van der Waals surface area (Å²) in [5, 5.41) is 11.9. The summed E-state index contributed by atoms with van der Waals surface area (Å²) in [5.74, 6) is -1.02. The molecule has 0 aliphatic carbocycles. The van der Waals surface area contributed by atoms with Crippen LogP contribution < -0.4 is 4.74 Å². The molecule has 3 aromatic carbocycles. The predicted molar refractivity (Wildman–Crippen MR) is 121 cm³/mol. The van der Waals surface area contributed by atoms with Gasteiger partial charge in [0.05, 0.1) is 21.2 Å². The summed E-state index contributed by atoms with van der Waals surface area (Å²) >= 11 is 14.0. The van der Waals surface area contributed by atoms with E-state index < -0.39 is 10.9 Å². The van der Waals surface area contributed by atoms with Gasteiger partial charge in [-0.15, -0.1) is 0 Å². The Balaban J connectivity index is 1.85. The molecule has 0 amide bonds. The van der Waals surface area contributed by atoms with Gasteiger partial charge in [0.1, 0.15) is 0 Å². The lowest BCUT2D eigenvalue weighted by Crippen LogP contribution is -2.10. The maximum absolute atomic E-state index is 12.3. The third-order valence-electron chi connectivity index (χ3n) is 3.72. The van der Waals surface area contributed by atoms with Crippen molar-refractivity contribution < 1.29 is 14.5 Å². The van der Waals surface area contributed by atoms with Gasteiger partial charge in [0.25, 0.3) is 0 Å². The van der Waals surface area contributed by atoms with E-state index in [0.717, 1.165) is 3.57 Å². The quantitative estimate of drug-likeness (QED) is 0.0926. The Labute approximate surface area is 189 Å². The maximum atomic E-state index is 12.3. The fourth-order valence-electron chi connectivity index (χ4n) is 2.33. The van der Waals surface area contributed by atoms with Crippen molar-refractivity contribution in [2.45, 2.75) is 0 Å². The van der Waals surface area contributed by atoms with Crippen LogP contribution in [0, 0.1) is 13.7 Å². The van der Waals surface area contributed by atoms with Gasteiger partial charge in [-0.1, -0.05) is 23.2 Å². The van der Waals surface area contributed by atoms with E-state index in [1.54, 1.807) is 6.07 Å². The Hall–Kier alpha value is -2.49. The van der Waals surface area contributed by atoms with Gasteiger partial charge in [0, 0.05) is 20.9 Å². The molecular weight excluding hydrogens is 530 g/mol. The number of carbonyl (C=O) groups is 1. The van der Waals surface area contributed by atoms with E-state index in [-0.39, 0.29) is 22.0 Å². The average Bonchev–Trinajstić information content (AvgIpc) is 2.68. The number of carbonyl (C=O) groups excluding carboxylic acids is 1. The molecule has 29 heavy (non-hydrogen) atoms. The highest BCUT2D eigenvalue weighted by Gasteiger charge is 2.21. The summed E-state index contributed by atoms with van der Waals surface area (Å²) < 4.78 is 6.26. The molecule has 0 N–H and O–H groups in total. The number of hydrogen-bond acceptors (Lipinski definition) is 5. The van der Waals surface area contributed by atoms with E-state index in [1.165, 1.54) is 36.5 Å². The van der Waals surface area contributed by atoms with Crippen LogP contribution in [-0.2, 0) is 0 Å². The summed E-state index contributed by atoms with van der Waals surface area (Å²) in [7, 11) is 0. The number of nitro groups is 1. The number of rotatable bonds is 5. The second-order valence-electron chi connectivity index (χ2n) is 5.73. The van der Waals surface area contributed by atoms with Gasteiger partial charge in [-0.2, -0.15) is 0 Å². The molecular formula is C20H11Cl2IN2O4. The van der Waals surface area contributed by atoms with E-state index in [2.05, 4.69) is 27.6 Å². The summed E-state index contributed by atoms with van der Waals surface area (Å²) in [6.45, 7) is 0. The summed E-state index contributed by atoms with van der Waals surface area (Å²) in [5.41, 5.74) is 0.880. The number of esters is 1. The molecule has 146 valence electrons. The highest BCUT2D eigenvalue weighted by molar-refractivity contribution is 14.1. The van der Waals surface area contributed by atoms with Crippen molar-refractivity contribution in [2.24, 2.45) is 4.99 Å². The Morgan fingerprint density at radius 3 is 2.45 bits per heavy atom. The molecule has 0 aliphatic rings. The SMILES string of the molecule is O=C(Oc1ccc(C=Nc2ccc(I)cc2)cc1[N+](=O)[O-])c1ccc(Cl)cc1Cl. The van der Waals surface area contributed by atoms with Crippen LogP contribution in [-0.4, -0.2) is 17.1 Å². The van der Waals surface area contributed by atoms with Crippen LogP contribution in [0.5, 0.6) is 5.75 Å². The predicted octanol–water partition coefficient (Wildman–Crippen LogP) is 6.48. The average molecular weight is 541 g/mol. The van der Waals surface area contributed by atoms with Crippen molar-refractivity contribution in [1.29, 1.82) is 0 Å². The van der Waals surface area contributed by atoms with E-state index >= 15 is 0 Å². The Morgan fingerprint density at radius 1 is 1.07 bits per heavy atom. The molecule has 0 aliphatic heterocycles. The van der Waals surface area contributed by atoms with Gasteiger partial charge in [-0.3, -0.25) is 15.1 Å². The number of nitrogens with zero attached hydrogens (tertiary/aromatic N) is 2. The minimum atomic E-state index is -0.824. The Morgan fingerprint density at radius 2 is 1.79 bits per heavy atom. The molecule has 0 spiro atoms. The van der Waals surface area contributed by atoms with Gasteiger partial charge >= 0.3 is 11.7 Å². The molecule has 3 rings (SSSR count). The summed E-state index contributed by atoms with van der Waals surface area (Å²) in [6, 6.07) is 15.9. The van der Waals surface area contributed by atoms with Crippen LogP contribution in [0.3, 0.4) is 0 Å². The smallest absolute Gasteiger partial charge is 0.345 e. The monoisotopic (exact) mass is 540 g/mol. The number of halogens is 3. The summed E-state index contributed by atoms with van der Waals surface area (Å²) in [6.07, 6.45) is 1.50. The second kappa shape index (κ2) is 9.34. The van der Waals surface area contributed by atoms with Gasteiger partial charge in [0.2, 0.25) is 5.75 Å². The van der Waals surface area contributed by atoms with Crippen molar-refractivity contribution in [3.63, 3.8) is 0 Å². The Kier molecular flexibility index (Phi) is 6.83. The van der Waals surface area contributed by atoms with Gasteiger partial charge in [0.15, 0.2) is 0 Å². The number of hydrogen-bond donors (Lipinski definition) is 0. The van der Waals surface area contributed by atoms with Crippen LogP contribution in [0.25, 0.3) is 0 Å². The molecule has 6 nitrogen and oxygen atoms in total. The van der Waals surface area contributed by atoms with E-state index in [1.807, 2.05) is 24.3 Å². The number of ether oxygens (including phenoxy) is 1. The molecule has 0 bridgehead atoms. The lowest BCUT2D eigenvalue weighted by atomic mass is 10.2. The second-order valence-corrected chi connectivity index (χ2v) is 7.82. The molecule has 3 aromatic rings. The van der Waals surface area contributed by atoms with Crippen LogP contribution in [0.4, 0.5) is 11.4 Å². The minimum absolute atomic E-state index is 0.0507. The highest BCUT2D eigenvalue weighted by atomic mass is 127.